The number of nitrogens with zero attached hydrogens (tertiary/aromatic N) is 1. The first-order chi connectivity index (χ1) is 5.84. The van der Waals surface area contributed by atoms with Crippen LogP contribution in [0.1, 0.15) is 20.3 Å². The van der Waals surface area contributed by atoms with E-state index >= 15 is 0 Å². The monoisotopic (exact) mass is 207 g/mol. The highest BCUT2D eigenvalue weighted by Crippen LogP contribution is 2.18. The highest BCUT2D eigenvalue weighted by atomic mass is 32.2. The molecule has 6 heteroatoms. The predicted molar refractivity (Wildman–Crippen MR) is 51.4 cm³/mol. The number of hydrogen-bond donors (Lipinski definition) is 2. The zero-order valence-electron chi connectivity index (χ0n) is 8.08. The van der Waals surface area contributed by atoms with E-state index in [1.807, 2.05) is 13.8 Å². The number of hydrogen-bond acceptors (Lipinski definition) is 3. The van der Waals surface area contributed by atoms with Crippen LogP contribution in [0.4, 0.5) is 0 Å². The third-order valence-electron chi connectivity index (χ3n) is 2.25. The van der Waals surface area contributed by atoms with Gasteiger partial charge in [0.2, 0.25) is 0 Å². The van der Waals surface area contributed by atoms with Crippen LogP contribution in [0, 0.1) is 0 Å². The molecule has 0 atom stereocenters. The van der Waals surface area contributed by atoms with E-state index in [0.29, 0.717) is 13.1 Å². The summed E-state index contributed by atoms with van der Waals surface area (Å²) in [5, 5.41) is 8.30. The van der Waals surface area contributed by atoms with Crippen LogP contribution >= 0.6 is 0 Å². The molecule has 0 saturated carbocycles. The summed E-state index contributed by atoms with van der Waals surface area (Å²) in [6.45, 7) is 5.73. The predicted octanol–water partition coefficient (Wildman–Crippen LogP) is -0.736. The van der Waals surface area contributed by atoms with Crippen molar-refractivity contribution in [1.29, 1.82) is 0 Å². The Bertz CT molecular complexity index is 273. The Balaban J connectivity index is 2.91. The number of rotatable bonds is 1. The van der Waals surface area contributed by atoms with Crippen molar-refractivity contribution >= 4 is 10.2 Å². The molecule has 3 N–H and O–H groups in total. The van der Waals surface area contributed by atoms with Gasteiger partial charge in [0.25, 0.3) is 10.2 Å². The zero-order valence-corrected chi connectivity index (χ0v) is 8.89. The molecule has 78 valence electrons. The molecule has 1 saturated heterocycles. The average Bonchev–Trinajstić information content (AvgIpc) is 2.07. The Morgan fingerprint density at radius 2 is 2.08 bits per heavy atom. The summed E-state index contributed by atoms with van der Waals surface area (Å²) >= 11 is 0. The summed E-state index contributed by atoms with van der Waals surface area (Å²) in [7, 11) is -3.56. The maximum Gasteiger partial charge on any atom is 0.277 e. The van der Waals surface area contributed by atoms with Crippen LogP contribution in [-0.4, -0.2) is 37.9 Å². The van der Waals surface area contributed by atoms with Gasteiger partial charge in [0.05, 0.1) is 0 Å². The molecule has 1 aliphatic heterocycles. The first-order valence-electron chi connectivity index (χ1n) is 4.35. The van der Waals surface area contributed by atoms with E-state index in [2.05, 4.69) is 5.32 Å². The number of nitrogens with two attached hydrogens (primary N) is 1. The minimum absolute atomic E-state index is 0.427. The molecule has 0 aromatic heterocycles. The lowest BCUT2D eigenvalue weighted by molar-refractivity contribution is 0.242. The lowest BCUT2D eigenvalue weighted by Crippen LogP contribution is -2.53. The van der Waals surface area contributed by atoms with E-state index in [9.17, 15) is 8.42 Å². The summed E-state index contributed by atoms with van der Waals surface area (Å²) in [5.41, 5.74) is -0.427. The van der Waals surface area contributed by atoms with Crippen LogP contribution in [0.3, 0.4) is 0 Å². The molecule has 1 aliphatic rings. The minimum Gasteiger partial charge on any atom is -0.315 e. The molecular formula is C7H17N3O2S. The van der Waals surface area contributed by atoms with E-state index in [4.69, 9.17) is 5.14 Å². The van der Waals surface area contributed by atoms with Crippen molar-refractivity contribution in [1.82, 2.24) is 9.62 Å². The molecule has 0 aromatic rings. The van der Waals surface area contributed by atoms with Crippen molar-refractivity contribution in [3.8, 4) is 0 Å². The highest BCUT2D eigenvalue weighted by Gasteiger charge is 2.34. The lowest BCUT2D eigenvalue weighted by atomic mass is 10.1. The van der Waals surface area contributed by atoms with Crippen LogP contribution in [0.15, 0.2) is 0 Å². The van der Waals surface area contributed by atoms with Gasteiger partial charge in [0.1, 0.15) is 0 Å². The summed E-state index contributed by atoms with van der Waals surface area (Å²) < 4.78 is 23.8. The zero-order chi connectivity index (χ0) is 10.1. The molecule has 0 spiro atoms. The van der Waals surface area contributed by atoms with E-state index in [-0.39, 0.29) is 0 Å². The van der Waals surface area contributed by atoms with Gasteiger partial charge in [-0.25, -0.2) is 5.14 Å². The molecule has 0 aliphatic carbocycles. The third kappa shape index (κ3) is 2.63. The van der Waals surface area contributed by atoms with Crippen LogP contribution in [0.2, 0.25) is 0 Å². The molecular weight excluding hydrogens is 190 g/mol. The lowest BCUT2D eigenvalue weighted by Gasteiger charge is -2.33. The smallest absolute Gasteiger partial charge is 0.277 e. The van der Waals surface area contributed by atoms with Crippen molar-refractivity contribution in [2.75, 3.05) is 19.6 Å². The fourth-order valence-electron chi connectivity index (χ4n) is 1.60. The summed E-state index contributed by atoms with van der Waals surface area (Å²) in [5.74, 6) is 0. The molecule has 0 unspecified atom stereocenters. The fourth-order valence-corrected chi connectivity index (χ4v) is 2.74. The van der Waals surface area contributed by atoms with Gasteiger partial charge in [-0.1, -0.05) is 0 Å². The Kier molecular flexibility index (Phi) is 2.96. The molecule has 1 rings (SSSR count). The second kappa shape index (κ2) is 3.53. The van der Waals surface area contributed by atoms with E-state index < -0.39 is 15.7 Å². The van der Waals surface area contributed by atoms with Crippen molar-refractivity contribution < 1.29 is 8.42 Å². The van der Waals surface area contributed by atoms with Gasteiger partial charge < -0.3 is 5.32 Å². The summed E-state index contributed by atoms with van der Waals surface area (Å²) in [4.78, 5) is 0. The average molecular weight is 207 g/mol. The minimum atomic E-state index is -3.56. The Morgan fingerprint density at radius 3 is 2.62 bits per heavy atom. The third-order valence-corrected chi connectivity index (χ3v) is 3.55. The largest absolute Gasteiger partial charge is 0.315 e. The quantitative estimate of drug-likeness (QED) is 0.595. The first-order valence-corrected chi connectivity index (χ1v) is 5.86. The van der Waals surface area contributed by atoms with Crippen molar-refractivity contribution in [2.24, 2.45) is 5.14 Å². The van der Waals surface area contributed by atoms with E-state index in [0.717, 1.165) is 13.0 Å². The molecule has 0 radical (unpaired) electrons. The molecule has 0 bridgehead atoms. The summed E-state index contributed by atoms with van der Waals surface area (Å²) in [6.07, 6.45) is 0.805. The Hall–Kier alpha value is -0.170. The van der Waals surface area contributed by atoms with Crippen molar-refractivity contribution in [3.63, 3.8) is 0 Å². The van der Waals surface area contributed by atoms with Crippen LogP contribution in [0.5, 0.6) is 0 Å². The van der Waals surface area contributed by atoms with Gasteiger partial charge in [0, 0.05) is 18.6 Å². The Morgan fingerprint density at radius 1 is 1.46 bits per heavy atom. The molecule has 1 fully saturated rings. The van der Waals surface area contributed by atoms with Crippen LogP contribution in [-0.2, 0) is 10.2 Å². The summed E-state index contributed by atoms with van der Waals surface area (Å²) in [6, 6.07) is 0. The topological polar surface area (TPSA) is 75.4 Å². The normalized spacial score (nSPS) is 25.5. The van der Waals surface area contributed by atoms with Gasteiger partial charge in [-0.05, 0) is 26.8 Å². The second-order valence-electron chi connectivity index (χ2n) is 3.96. The maximum atomic E-state index is 11.2. The second-order valence-corrected chi connectivity index (χ2v) is 5.43. The van der Waals surface area contributed by atoms with E-state index in [1.165, 1.54) is 4.31 Å². The molecule has 1 heterocycles. The van der Waals surface area contributed by atoms with Crippen LogP contribution in [0.25, 0.3) is 0 Å². The Labute approximate surface area is 79.5 Å². The SMILES string of the molecule is CC1(C)CNCCCN1S(N)(=O)=O. The van der Waals surface area contributed by atoms with Gasteiger partial charge in [-0.15, -0.1) is 0 Å². The highest BCUT2D eigenvalue weighted by molar-refractivity contribution is 7.86. The van der Waals surface area contributed by atoms with Gasteiger partial charge in [-0.2, -0.15) is 12.7 Å². The molecule has 0 amide bonds. The van der Waals surface area contributed by atoms with Gasteiger partial charge in [-0.3, -0.25) is 0 Å². The number of nitrogens with one attached hydrogen (secondary N) is 1. The fraction of sp³-hybridized carbons (Fsp3) is 1.00. The molecule has 0 aromatic carbocycles. The van der Waals surface area contributed by atoms with Crippen molar-refractivity contribution in [2.45, 2.75) is 25.8 Å². The van der Waals surface area contributed by atoms with Gasteiger partial charge >= 0.3 is 0 Å². The standard InChI is InChI=1S/C7H17N3O2S/c1-7(2)6-9-4-3-5-10(7)13(8,11)12/h9H,3-6H2,1-2H3,(H2,8,11,12). The van der Waals surface area contributed by atoms with E-state index in [1.54, 1.807) is 0 Å². The maximum absolute atomic E-state index is 11.2. The van der Waals surface area contributed by atoms with Crippen molar-refractivity contribution in [3.05, 3.63) is 0 Å². The first kappa shape index (κ1) is 10.9. The molecule has 5 nitrogen and oxygen atoms in total. The van der Waals surface area contributed by atoms with Gasteiger partial charge in [0.15, 0.2) is 0 Å². The van der Waals surface area contributed by atoms with Crippen LogP contribution < -0.4 is 10.5 Å². The molecule has 13 heavy (non-hydrogen) atoms.